The highest BCUT2D eigenvalue weighted by atomic mass is 35.5. The summed E-state index contributed by atoms with van der Waals surface area (Å²) in [5.74, 6) is 0. The molecular formula is C6H5B6Cl2O2. The van der Waals surface area contributed by atoms with Gasteiger partial charge in [-0.2, -0.15) is 0 Å². The Morgan fingerprint density at radius 3 is 2.00 bits per heavy atom. The van der Waals surface area contributed by atoms with Gasteiger partial charge < -0.3 is 10.0 Å². The standard InChI is InChI=1S/C6H5BCl2O2.B5/c8-4-1-2-5(7(10)11)6(9)3-4;1-4-5(2)3/h1-3,10-11H;. The maximum Gasteiger partial charge on any atom is 0.489 e. The van der Waals surface area contributed by atoms with E-state index in [1.165, 1.54) is 19.2 Å². The van der Waals surface area contributed by atoms with Crippen molar-refractivity contribution in [3.8, 4) is 0 Å². The van der Waals surface area contributed by atoms with Gasteiger partial charge >= 0.3 is 7.12 Å². The predicted molar refractivity (Wildman–Crippen MR) is 75.1 cm³/mol. The Morgan fingerprint density at radius 1 is 1.19 bits per heavy atom. The number of benzene rings is 1. The topological polar surface area (TPSA) is 40.5 Å². The third-order valence-corrected chi connectivity index (χ3v) is 2.03. The molecule has 0 heterocycles. The number of hydrogen-bond donors (Lipinski definition) is 2. The first-order chi connectivity index (χ1) is 7.38. The zero-order valence-corrected chi connectivity index (χ0v) is 9.86. The molecule has 1 aromatic rings. The van der Waals surface area contributed by atoms with Crippen LogP contribution in [0.15, 0.2) is 18.2 Å². The summed E-state index contributed by atoms with van der Waals surface area (Å²) in [6.45, 7) is 0. The molecule has 0 aliphatic rings. The van der Waals surface area contributed by atoms with Crippen LogP contribution < -0.4 is 5.46 Å². The van der Waals surface area contributed by atoms with Crippen LogP contribution in [0.5, 0.6) is 0 Å². The molecule has 73 valence electrons. The molecule has 0 saturated heterocycles. The first-order valence-corrected chi connectivity index (χ1v) is 5.01. The Morgan fingerprint density at radius 2 is 1.69 bits per heavy atom. The van der Waals surface area contributed by atoms with Crippen LogP contribution in [-0.4, -0.2) is 53.8 Å². The number of hydrogen-bond acceptors (Lipinski definition) is 2. The fraction of sp³-hybridized carbons (Fsp3) is 0. The van der Waals surface area contributed by atoms with E-state index in [0.29, 0.717) is 5.02 Å². The molecule has 0 aromatic heterocycles. The summed E-state index contributed by atoms with van der Waals surface area (Å²) in [6, 6.07) is 4.47. The summed E-state index contributed by atoms with van der Waals surface area (Å²) in [4.78, 5) is 0. The smallest absolute Gasteiger partial charge is 0.423 e. The summed E-state index contributed by atoms with van der Waals surface area (Å²) < 4.78 is 0. The van der Waals surface area contributed by atoms with Crippen LogP contribution in [-0.2, 0) is 0 Å². The van der Waals surface area contributed by atoms with Crippen LogP contribution in [0.2, 0.25) is 10.0 Å². The zero-order chi connectivity index (χ0) is 12.7. The molecule has 0 fully saturated rings. The van der Waals surface area contributed by atoms with Gasteiger partial charge in [-0.05, 0) is 12.1 Å². The fourth-order valence-corrected chi connectivity index (χ4v) is 1.22. The maximum atomic E-state index is 8.72. The van der Waals surface area contributed by atoms with Gasteiger partial charge in [0.15, 0.2) is 0 Å². The third-order valence-electron chi connectivity index (χ3n) is 1.46. The van der Waals surface area contributed by atoms with E-state index in [-0.39, 0.29) is 10.5 Å². The monoisotopic (exact) mass is 245 g/mol. The van der Waals surface area contributed by atoms with E-state index in [0.717, 1.165) is 0 Å². The van der Waals surface area contributed by atoms with E-state index in [9.17, 15) is 0 Å². The molecule has 7 radical (unpaired) electrons. The van der Waals surface area contributed by atoms with Crippen molar-refractivity contribution < 1.29 is 10.0 Å². The van der Waals surface area contributed by atoms with Gasteiger partial charge in [0.25, 0.3) is 0 Å². The van der Waals surface area contributed by atoms with Crippen molar-refractivity contribution in [2.24, 2.45) is 0 Å². The summed E-state index contributed by atoms with van der Waals surface area (Å²) >= 11 is 11.2. The van der Waals surface area contributed by atoms with E-state index in [1.54, 1.807) is 6.07 Å². The molecule has 0 bridgehead atoms. The lowest BCUT2D eigenvalue weighted by Gasteiger charge is -2.01. The summed E-state index contributed by atoms with van der Waals surface area (Å²) in [5.41, 5.74) is 0.260. The van der Waals surface area contributed by atoms with Crippen LogP contribution in [0.4, 0.5) is 0 Å². The Hall–Kier alpha value is 0.110. The third kappa shape index (κ3) is 6.64. The Bertz CT molecular complexity index is 324. The molecule has 0 unspecified atom stereocenters. The van der Waals surface area contributed by atoms with Gasteiger partial charge in [0.05, 0.1) is 0 Å². The molecule has 0 saturated carbocycles. The fourth-order valence-electron chi connectivity index (χ4n) is 0.711. The van der Waals surface area contributed by atoms with Gasteiger partial charge in [-0.25, -0.2) is 0 Å². The molecule has 0 atom stereocenters. The van der Waals surface area contributed by atoms with E-state index in [4.69, 9.17) is 56.5 Å². The molecule has 2 nitrogen and oxygen atoms in total. The minimum absolute atomic E-state index is 0.257. The van der Waals surface area contributed by atoms with Gasteiger partial charge in [0.1, 0.15) is 0 Å². The molecule has 0 amide bonds. The molecular weight excluding hydrogens is 240 g/mol. The van der Waals surface area contributed by atoms with Crippen molar-refractivity contribution in [1.29, 1.82) is 0 Å². The number of halogens is 2. The van der Waals surface area contributed by atoms with Gasteiger partial charge in [-0.1, -0.05) is 29.3 Å². The van der Waals surface area contributed by atoms with Crippen molar-refractivity contribution >= 4 is 72.4 Å². The van der Waals surface area contributed by atoms with Crippen molar-refractivity contribution in [2.45, 2.75) is 0 Å². The van der Waals surface area contributed by atoms with E-state index >= 15 is 0 Å². The first-order valence-electron chi connectivity index (χ1n) is 4.25. The molecule has 1 aromatic carbocycles. The van der Waals surface area contributed by atoms with Gasteiger partial charge in [0, 0.05) is 52.2 Å². The van der Waals surface area contributed by atoms with Crippen molar-refractivity contribution in [3.63, 3.8) is 0 Å². The quantitative estimate of drug-likeness (QED) is 0.640. The maximum absolute atomic E-state index is 8.72. The highest BCUT2D eigenvalue weighted by Crippen LogP contribution is 2.13. The second-order valence-electron chi connectivity index (χ2n) is 2.81. The van der Waals surface area contributed by atoms with Gasteiger partial charge in [-0.3, -0.25) is 0 Å². The Kier molecular flexibility index (Phi) is 8.29. The van der Waals surface area contributed by atoms with E-state index < -0.39 is 13.5 Å². The minimum atomic E-state index is -1.54. The molecule has 0 spiro atoms. The lowest BCUT2D eigenvalue weighted by molar-refractivity contribution is 0.426. The Balaban J connectivity index is 0.000000385. The van der Waals surface area contributed by atoms with Crippen molar-refractivity contribution in [3.05, 3.63) is 28.2 Å². The second kappa shape index (κ2) is 8.24. The molecule has 10 heteroatoms. The second-order valence-corrected chi connectivity index (χ2v) is 3.65. The lowest BCUT2D eigenvalue weighted by Crippen LogP contribution is -2.30. The van der Waals surface area contributed by atoms with Crippen molar-refractivity contribution in [1.82, 2.24) is 0 Å². The van der Waals surface area contributed by atoms with E-state index in [1.807, 2.05) is 0 Å². The minimum Gasteiger partial charge on any atom is -0.423 e. The average molecular weight is 245 g/mol. The van der Waals surface area contributed by atoms with E-state index in [2.05, 4.69) is 0 Å². The summed E-state index contributed by atoms with van der Waals surface area (Å²) in [7, 11) is 14.3. The Labute approximate surface area is 111 Å². The van der Waals surface area contributed by atoms with Crippen LogP contribution in [0.1, 0.15) is 0 Å². The molecule has 16 heavy (non-hydrogen) atoms. The predicted octanol–water partition coefficient (Wildman–Crippen LogP) is -1.23. The van der Waals surface area contributed by atoms with Gasteiger partial charge in [-0.15, -0.1) is 0 Å². The first kappa shape index (κ1) is 16.1. The van der Waals surface area contributed by atoms with Crippen LogP contribution >= 0.6 is 23.2 Å². The molecule has 2 N–H and O–H groups in total. The summed E-state index contributed by atoms with van der Waals surface area (Å²) in [5, 5.41) is 18.2. The zero-order valence-electron chi connectivity index (χ0n) is 8.35. The molecule has 0 aliphatic heterocycles. The van der Waals surface area contributed by atoms with Crippen LogP contribution in [0.3, 0.4) is 0 Å². The van der Waals surface area contributed by atoms with Crippen LogP contribution in [0, 0.1) is 0 Å². The molecule has 1 rings (SSSR count). The average Bonchev–Trinajstić information content (AvgIpc) is 2.17. The normalized spacial score (nSPS) is 8.75. The molecule has 0 aliphatic carbocycles. The SMILES string of the molecule is OB(O)c1ccc(Cl)cc1Cl.[B][B]B([B])[B]. The lowest BCUT2D eigenvalue weighted by atomic mass is 8.97. The number of rotatable bonds is 2. The van der Waals surface area contributed by atoms with Crippen molar-refractivity contribution in [2.75, 3.05) is 0 Å². The highest BCUT2D eigenvalue weighted by Gasteiger charge is 2.14. The highest BCUT2D eigenvalue weighted by molar-refractivity contribution is 7.60. The largest absolute Gasteiger partial charge is 0.489 e. The van der Waals surface area contributed by atoms with Gasteiger partial charge in [0.2, 0.25) is 0 Å². The van der Waals surface area contributed by atoms with Crippen LogP contribution in [0.25, 0.3) is 0 Å². The summed E-state index contributed by atoms with van der Waals surface area (Å²) in [6.07, 6.45) is -0.463.